The molecule has 2 N–H and O–H groups in total. The van der Waals surface area contributed by atoms with Gasteiger partial charge in [-0.2, -0.15) is 5.10 Å². The van der Waals surface area contributed by atoms with Crippen LogP contribution >= 0.6 is 0 Å². The third-order valence-electron chi connectivity index (χ3n) is 6.90. The van der Waals surface area contributed by atoms with Crippen molar-refractivity contribution in [1.29, 1.82) is 0 Å². The number of carbonyl (C=O) groups is 1. The molecular weight excluding hydrogens is 436 g/mol. The van der Waals surface area contributed by atoms with E-state index in [0.29, 0.717) is 18.9 Å². The zero-order valence-electron chi connectivity index (χ0n) is 19.0. The predicted octanol–water partition coefficient (Wildman–Crippen LogP) is 4.26. The van der Waals surface area contributed by atoms with Gasteiger partial charge in [-0.25, -0.2) is 18.3 Å². The molecule has 0 spiro atoms. The number of aromatic nitrogens is 2. The SMILES string of the molecule is O=C(Nc1c2c(nn1-c1ccccc1)CCC2)N[C@H]1CN(C(CF)CF)C[C@@H]1c1ccccc1. The van der Waals surface area contributed by atoms with Gasteiger partial charge < -0.3 is 5.32 Å². The first-order valence-electron chi connectivity index (χ1n) is 11.8. The Hall–Kier alpha value is -3.26. The molecule has 0 saturated carbocycles. The van der Waals surface area contributed by atoms with Crippen LogP contribution in [-0.2, 0) is 12.8 Å². The second-order valence-corrected chi connectivity index (χ2v) is 9.01. The largest absolute Gasteiger partial charge is 0.333 e. The van der Waals surface area contributed by atoms with Crippen molar-refractivity contribution in [3.05, 3.63) is 77.5 Å². The molecule has 3 aromatic rings. The number of hydrogen-bond acceptors (Lipinski definition) is 3. The Bertz CT molecular complexity index is 1120. The molecule has 0 radical (unpaired) electrons. The molecule has 178 valence electrons. The van der Waals surface area contributed by atoms with E-state index in [9.17, 15) is 13.6 Å². The summed E-state index contributed by atoms with van der Waals surface area (Å²) in [6, 6.07) is 18.2. The fraction of sp³-hybridized carbons (Fsp3) is 0.385. The van der Waals surface area contributed by atoms with Gasteiger partial charge in [0, 0.05) is 24.6 Å². The highest BCUT2D eigenvalue weighted by Crippen LogP contribution is 2.32. The minimum absolute atomic E-state index is 0.0581. The standard InChI is InChI=1S/C26H29F2N5O/c27-14-20(15-28)32-16-22(18-8-3-1-4-9-18)24(17-32)29-26(34)30-25-21-12-7-13-23(21)31-33(25)19-10-5-2-6-11-19/h1-6,8-11,20,22,24H,7,12-17H2,(H2,29,30,34)/t22-,24+/m1/s1. The van der Waals surface area contributed by atoms with Gasteiger partial charge in [0.15, 0.2) is 0 Å². The van der Waals surface area contributed by atoms with Crippen LogP contribution in [0.3, 0.4) is 0 Å². The number of nitrogens with zero attached hydrogens (tertiary/aromatic N) is 3. The molecule has 0 unspecified atom stereocenters. The summed E-state index contributed by atoms with van der Waals surface area (Å²) in [5.74, 6) is 0.630. The number of anilines is 1. The lowest BCUT2D eigenvalue weighted by molar-refractivity contribution is 0.163. The first-order chi connectivity index (χ1) is 16.7. The molecule has 2 atom stereocenters. The van der Waals surface area contributed by atoms with Crippen LogP contribution in [0.5, 0.6) is 0 Å². The van der Waals surface area contributed by atoms with Crippen LogP contribution < -0.4 is 10.6 Å². The number of nitrogens with one attached hydrogen (secondary N) is 2. The number of likely N-dealkylation sites (tertiary alicyclic amines) is 1. The second kappa shape index (κ2) is 9.93. The van der Waals surface area contributed by atoms with E-state index in [0.717, 1.165) is 41.8 Å². The van der Waals surface area contributed by atoms with E-state index < -0.39 is 19.4 Å². The highest BCUT2D eigenvalue weighted by Gasteiger charge is 2.38. The summed E-state index contributed by atoms with van der Waals surface area (Å²) in [5.41, 5.74) is 4.01. The zero-order chi connectivity index (χ0) is 23.5. The van der Waals surface area contributed by atoms with Gasteiger partial charge in [0.05, 0.1) is 23.5 Å². The van der Waals surface area contributed by atoms with Gasteiger partial charge in [0.25, 0.3) is 0 Å². The number of benzene rings is 2. The van der Waals surface area contributed by atoms with Gasteiger partial charge in [-0.05, 0) is 37.0 Å². The first kappa shape index (κ1) is 22.5. The Balaban J connectivity index is 1.37. The monoisotopic (exact) mass is 465 g/mol. The van der Waals surface area contributed by atoms with Crippen molar-refractivity contribution in [3.8, 4) is 5.69 Å². The lowest BCUT2D eigenvalue weighted by Gasteiger charge is -2.22. The number of hydrogen-bond donors (Lipinski definition) is 2. The predicted molar refractivity (Wildman–Crippen MR) is 128 cm³/mol. The van der Waals surface area contributed by atoms with Crippen LogP contribution in [0, 0.1) is 0 Å². The summed E-state index contributed by atoms with van der Waals surface area (Å²) in [6.45, 7) is -0.620. The highest BCUT2D eigenvalue weighted by molar-refractivity contribution is 5.90. The summed E-state index contributed by atoms with van der Waals surface area (Å²) in [4.78, 5) is 15.0. The van der Waals surface area contributed by atoms with Crippen molar-refractivity contribution in [3.63, 3.8) is 0 Å². The van der Waals surface area contributed by atoms with E-state index in [1.807, 2.05) is 60.7 Å². The quantitative estimate of drug-likeness (QED) is 0.548. The van der Waals surface area contributed by atoms with E-state index in [2.05, 4.69) is 10.6 Å². The maximum absolute atomic E-state index is 13.4. The number of carbonyl (C=O) groups excluding carboxylic acids is 1. The third-order valence-corrected chi connectivity index (χ3v) is 6.90. The summed E-state index contributed by atoms with van der Waals surface area (Å²) in [5, 5.41) is 10.9. The topological polar surface area (TPSA) is 62.2 Å². The Kier molecular flexibility index (Phi) is 6.58. The molecule has 5 rings (SSSR count). The number of urea groups is 1. The summed E-state index contributed by atoms with van der Waals surface area (Å²) < 4.78 is 28.6. The van der Waals surface area contributed by atoms with Crippen LogP contribution in [0.25, 0.3) is 5.69 Å². The maximum atomic E-state index is 13.4. The number of fused-ring (bicyclic) bond motifs is 1. The van der Waals surface area contributed by atoms with Crippen LogP contribution in [0.2, 0.25) is 0 Å². The van der Waals surface area contributed by atoms with E-state index in [4.69, 9.17) is 5.10 Å². The molecular formula is C26H29F2N5O. The normalized spacial score (nSPS) is 20.0. The van der Waals surface area contributed by atoms with Crippen molar-refractivity contribution in [1.82, 2.24) is 20.0 Å². The van der Waals surface area contributed by atoms with Gasteiger partial charge in [0.1, 0.15) is 19.2 Å². The highest BCUT2D eigenvalue weighted by atomic mass is 19.1. The van der Waals surface area contributed by atoms with Crippen LogP contribution in [0.1, 0.15) is 29.2 Å². The second-order valence-electron chi connectivity index (χ2n) is 9.01. The fourth-order valence-electron chi connectivity index (χ4n) is 5.14. The Morgan fingerprint density at radius 1 is 1.00 bits per heavy atom. The van der Waals surface area contributed by atoms with Crippen molar-refractivity contribution in [2.45, 2.75) is 37.3 Å². The summed E-state index contributed by atoms with van der Waals surface area (Å²) in [6.07, 6.45) is 2.79. The lowest BCUT2D eigenvalue weighted by Crippen LogP contribution is -2.44. The average Bonchev–Trinajstić information content (AvgIpc) is 3.57. The van der Waals surface area contributed by atoms with Crippen LogP contribution in [-0.4, -0.2) is 59.2 Å². The molecule has 1 aliphatic carbocycles. The summed E-state index contributed by atoms with van der Waals surface area (Å²) >= 11 is 0. The average molecular weight is 466 g/mol. The number of halogens is 2. The van der Waals surface area contributed by atoms with Crippen LogP contribution in [0.15, 0.2) is 60.7 Å². The molecule has 8 heteroatoms. The Morgan fingerprint density at radius 2 is 1.71 bits per heavy atom. The van der Waals surface area contributed by atoms with Gasteiger partial charge in [0.2, 0.25) is 0 Å². The molecule has 1 aliphatic heterocycles. The molecule has 1 aromatic heterocycles. The molecule has 1 saturated heterocycles. The molecule has 2 heterocycles. The number of para-hydroxylation sites is 1. The third kappa shape index (κ3) is 4.42. The minimum atomic E-state index is -0.788. The lowest BCUT2D eigenvalue weighted by atomic mass is 9.94. The number of aryl methyl sites for hydroxylation is 1. The molecule has 6 nitrogen and oxygen atoms in total. The molecule has 2 aromatic carbocycles. The van der Waals surface area contributed by atoms with Crippen molar-refractivity contribution in [2.24, 2.45) is 0 Å². The van der Waals surface area contributed by atoms with Gasteiger partial charge >= 0.3 is 6.03 Å². The van der Waals surface area contributed by atoms with E-state index in [1.165, 1.54) is 0 Å². The van der Waals surface area contributed by atoms with Gasteiger partial charge in [-0.15, -0.1) is 0 Å². The Labute approximate surface area is 198 Å². The van der Waals surface area contributed by atoms with Crippen LogP contribution in [0.4, 0.5) is 19.4 Å². The summed E-state index contributed by atoms with van der Waals surface area (Å²) in [7, 11) is 0. The van der Waals surface area contributed by atoms with Gasteiger partial charge in [-0.1, -0.05) is 48.5 Å². The number of alkyl halides is 2. The first-order valence-corrected chi connectivity index (χ1v) is 11.8. The molecule has 2 amide bonds. The smallest absolute Gasteiger partial charge is 0.320 e. The molecule has 2 aliphatic rings. The van der Waals surface area contributed by atoms with E-state index >= 15 is 0 Å². The zero-order valence-corrected chi connectivity index (χ0v) is 19.0. The molecule has 0 bridgehead atoms. The molecule has 1 fully saturated rings. The van der Waals surface area contributed by atoms with Crippen molar-refractivity contribution >= 4 is 11.8 Å². The van der Waals surface area contributed by atoms with Gasteiger partial charge in [-0.3, -0.25) is 10.2 Å². The maximum Gasteiger partial charge on any atom is 0.320 e. The van der Waals surface area contributed by atoms with Crippen molar-refractivity contribution < 1.29 is 13.6 Å². The minimum Gasteiger partial charge on any atom is -0.333 e. The van der Waals surface area contributed by atoms with Crippen molar-refractivity contribution in [2.75, 3.05) is 31.8 Å². The Morgan fingerprint density at radius 3 is 2.41 bits per heavy atom. The fourth-order valence-corrected chi connectivity index (χ4v) is 5.14. The number of rotatable bonds is 7. The van der Waals surface area contributed by atoms with E-state index in [1.54, 1.807) is 9.58 Å². The van der Waals surface area contributed by atoms with E-state index in [-0.39, 0.29) is 18.0 Å². The molecule has 34 heavy (non-hydrogen) atoms. The number of amides is 2.